The first-order valence-electron chi connectivity index (χ1n) is 8.12. The average molecular weight is 277 g/mol. The first-order valence-corrected chi connectivity index (χ1v) is 9.00. The molecule has 19 heavy (non-hydrogen) atoms. The van der Waals surface area contributed by atoms with Gasteiger partial charge in [-0.1, -0.05) is 19.4 Å². The minimum atomic E-state index is 0.775. The smallest absolute Gasteiger partial charge is 0.0101 e. The van der Waals surface area contributed by atoms with Crippen LogP contribution in [0.15, 0.2) is 17.5 Å². The number of hydrogen-bond acceptors (Lipinski definition) is 2. The van der Waals surface area contributed by atoms with Crippen LogP contribution in [0.3, 0.4) is 0 Å². The molecule has 1 nitrogen and oxygen atoms in total. The van der Waals surface area contributed by atoms with Gasteiger partial charge in [0.2, 0.25) is 0 Å². The molecule has 1 N–H and O–H groups in total. The lowest BCUT2D eigenvalue weighted by molar-refractivity contribution is 0.239. The topological polar surface area (TPSA) is 12.0 Å². The zero-order valence-corrected chi connectivity index (χ0v) is 12.9. The van der Waals surface area contributed by atoms with E-state index < -0.39 is 0 Å². The van der Waals surface area contributed by atoms with E-state index >= 15 is 0 Å². The summed E-state index contributed by atoms with van der Waals surface area (Å²) in [5.41, 5.74) is 0. The maximum Gasteiger partial charge on any atom is 0.0101 e. The van der Waals surface area contributed by atoms with Crippen molar-refractivity contribution < 1.29 is 0 Å². The van der Waals surface area contributed by atoms with E-state index in [0.29, 0.717) is 0 Å². The van der Waals surface area contributed by atoms with E-state index in [-0.39, 0.29) is 0 Å². The molecule has 4 unspecified atom stereocenters. The molecule has 0 spiro atoms. The summed E-state index contributed by atoms with van der Waals surface area (Å²) in [5, 5.41) is 6.07. The molecule has 3 rings (SSSR count). The van der Waals surface area contributed by atoms with Gasteiger partial charge in [-0.05, 0) is 74.3 Å². The molecular formula is C17H27NS. The molecule has 0 aromatic carbocycles. The van der Waals surface area contributed by atoms with E-state index in [1.807, 2.05) is 11.3 Å². The van der Waals surface area contributed by atoms with Gasteiger partial charge < -0.3 is 5.32 Å². The lowest BCUT2D eigenvalue weighted by Gasteiger charge is -2.31. The zero-order chi connectivity index (χ0) is 13.1. The molecule has 0 aliphatic heterocycles. The standard InChI is InChI=1S/C17H27NS/c1-2-9-18-17(8-7-15-4-3-10-19-15)16-12-13-5-6-14(16)11-13/h3-4,10,13-14,16-18H,2,5-9,11-12H2,1H3. The molecule has 2 bridgehead atoms. The Balaban J connectivity index is 1.57. The monoisotopic (exact) mass is 277 g/mol. The van der Waals surface area contributed by atoms with Crippen LogP contribution in [0.4, 0.5) is 0 Å². The highest BCUT2D eigenvalue weighted by atomic mass is 32.1. The molecule has 106 valence electrons. The Labute approximate surface area is 121 Å². The largest absolute Gasteiger partial charge is 0.314 e. The van der Waals surface area contributed by atoms with Crippen molar-refractivity contribution in [1.82, 2.24) is 5.32 Å². The average Bonchev–Trinajstić information content (AvgIpc) is 3.16. The highest BCUT2D eigenvalue weighted by molar-refractivity contribution is 7.09. The van der Waals surface area contributed by atoms with Crippen molar-refractivity contribution in [3.05, 3.63) is 22.4 Å². The Kier molecular flexibility index (Phi) is 4.60. The Morgan fingerprint density at radius 3 is 2.95 bits per heavy atom. The van der Waals surface area contributed by atoms with Crippen molar-refractivity contribution >= 4 is 11.3 Å². The van der Waals surface area contributed by atoms with Crippen molar-refractivity contribution in [2.24, 2.45) is 17.8 Å². The highest BCUT2D eigenvalue weighted by Crippen LogP contribution is 2.50. The van der Waals surface area contributed by atoms with Crippen LogP contribution in [-0.4, -0.2) is 12.6 Å². The van der Waals surface area contributed by atoms with Crippen LogP contribution in [0, 0.1) is 17.8 Å². The molecule has 0 radical (unpaired) electrons. The van der Waals surface area contributed by atoms with Gasteiger partial charge in [0.15, 0.2) is 0 Å². The molecular weight excluding hydrogens is 250 g/mol. The van der Waals surface area contributed by atoms with E-state index in [1.165, 1.54) is 51.5 Å². The fraction of sp³-hybridized carbons (Fsp3) is 0.765. The third-order valence-corrected chi connectivity index (χ3v) is 6.18. The summed E-state index contributed by atoms with van der Waals surface area (Å²) in [7, 11) is 0. The quantitative estimate of drug-likeness (QED) is 0.774. The Morgan fingerprint density at radius 1 is 1.37 bits per heavy atom. The molecule has 0 saturated heterocycles. The van der Waals surface area contributed by atoms with Crippen molar-refractivity contribution in [3.63, 3.8) is 0 Å². The summed E-state index contributed by atoms with van der Waals surface area (Å²) in [4.78, 5) is 1.56. The van der Waals surface area contributed by atoms with Gasteiger partial charge in [-0.25, -0.2) is 0 Å². The minimum absolute atomic E-state index is 0.775. The van der Waals surface area contributed by atoms with Gasteiger partial charge in [0, 0.05) is 10.9 Å². The number of nitrogens with one attached hydrogen (secondary N) is 1. The maximum atomic E-state index is 3.86. The molecule has 1 aromatic heterocycles. The number of rotatable bonds is 7. The van der Waals surface area contributed by atoms with Crippen molar-refractivity contribution in [2.75, 3.05) is 6.54 Å². The van der Waals surface area contributed by atoms with Crippen LogP contribution in [-0.2, 0) is 6.42 Å². The maximum absolute atomic E-state index is 3.86. The van der Waals surface area contributed by atoms with E-state index in [2.05, 4.69) is 29.8 Å². The van der Waals surface area contributed by atoms with Crippen LogP contribution in [0.5, 0.6) is 0 Å². The van der Waals surface area contributed by atoms with Gasteiger partial charge in [0.05, 0.1) is 0 Å². The molecule has 1 heterocycles. The van der Waals surface area contributed by atoms with Gasteiger partial charge in [-0.3, -0.25) is 0 Å². The summed E-state index contributed by atoms with van der Waals surface area (Å²) in [6, 6.07) is 5.26. The highest BCUT2D eigenvalue weighted by Gasteiger charge is 2.42. The summed E-state index contributed by atoms with van der Waals surface area (Å²) >= 11 is 1.92. The number of hydrogen-bond donors (Lipinski definition) is 1. The van der Waals surface area contributed by atoms with Crippen LogP contribution in [0.2, 0.25) is 0 Å². The summed E-state index contributed by atoms with van der Waals surface area (Å²) in [6.07, 6.45) is 9.95. The third kappa shape index (κ3) is 3.22. The molecule has 2 aliphatic carbocycles. The second-order valence-corrected chi connectivity index (χ2v) is 7.55. The lowest BCUT2D eigenvalue weighted by atomic mass is 9.81. The molecule has 1 aromatic rings. The minimum Gasteiger partial charge on any atom is -0.314 e. The third-order valence-electron chi connectivity index (χ3n) is 5.25. The van der Waals surface area contributed by atoms with Crippen molar-refractivity contribution in [3.8, 4) is 0 Å². The molecule has 0 amide bonds. The van der Waals surface area contributed by atoms with Gasteiger partial charge in [0.1, 0.15) is 0 Å². The SMILES string of the molecule is CCCNC(CCc1cccs1)C1CC2CCC1C2. The summed E-state index contributed by atoms with van der Waals surface area (Å²) in [5.74, 6) is 3.09. The van der Waals surface area contributed by atoms with Crippen LogP contribution in [0.25, 0.3) is 0 Å². The molecule has 2 aliphatic rings. The van der Waals surface area contributed by atoms with Crippen molar-refractivity contribution in [1.29, 1.82) is 0 Å². The fourth-order valence-electron chi connectivity index (χ4n) is 4.34. The van der Waals surface area contributed by atoms with E-state index in [1.54, 1.807) is 4.88 Å². The summed E-state index contributed by atoms with van der Waals surface area (Å²) in [6.45, 7) is 3.48. The van der Waals surface area contributed by atoms with E-state index in [9.17, 15) is 0 Å². The normalized spacial score (nSPS) is 30.9. The molecule has 2 saturated carbocycles. The van der Waals surface area contributed by atoms with Gasteiger partial charge in [-0.15, -0.1) is 11.3 Å². The molecule has 4 atom stereocenters. The number of fused-ring (bicyclic) bond motifs is 2. The number of aryl methyl sites for hydroxylation is 1. The Morgan fingerprint density at radius 2 is 2.32 bits per heavy atom. The van der Waals surface area contributed by atoms with E-state index in [4.69, 9.17) is 0 Å². The summed E-state index contributed by atoms with van der Waals surface area (Å²) < 4.78 is 0. The predicted molar refractivity (Wildman–Crippen MR) is 83.7 cm³/mol. The molecule has 2 fully saturated rings. The molecule has 2 heteroatoms. The second-order valence-electron chi connectivity index (χ2n) is 6.52. The van der Waals surface area contributed by atoms with Gasteiger partial charge in [-0.2, -0.15) is 0 Å². The van der Waals surface area contributed by atoms with Gasteiger partial charge >= 0.3 is 0 Å². The zero-order valence-electron chi connectivity index (χ0n) is 12.1. The van der Waals surface area contributed by atoms with Crippen LogP contribution in [0.1, 0.15) is 50.3 Å². The van der Waals surface area contributed by atoms with Crippen LogP contribution >= 0.6 is 11.3 Å². The van der Waals surface area contributed by atoms with E-state index in [0.717, 1.165) is 23.8 Å². The first-order chi connectivity index (χ1) is 9.36. The van der Waals surface area contributed by atoms with Crippen molar-refractivity contribution in [2.45, 2.75) is 57.9 Å². The second kappa shape index (κ2) is 6.41. The predicted octanol–water partition coefficient (Wildman–Crippen LogP) is 4.49. The lowest BCUT2D eigenvalue weighted by Crippen LogP contribution is -2.39. The Bertz CT molecular complexity index is 373. The fourth-order valence-corrected chi connectivity index (χ4v) is 5.06. The Hall–Kier alpha value is -0.340. The first kappa shape index (κ1) is 13.6. The number of thiophene rings is 1. The van der Waals surface area contributed by atoms with Crippen LogP contribution < -0.4 is 5.32 Å². The van der Waals surface area contributed by atoms with Gasteiger partial charge in [0.25, 0.3) is 0 Å².